The van der Waals surface area contributed by atoms with E-state index in [9.17, 15) is 57.0 Å². The van der Waals surface area contributed by atoms with E-state index in [1.165, 1.54) is 7.05 Å². The van der Waals surface area contributed by atoms with Crippen LogP contribution in [-0.4, -0.2) is 197 Å². The fourth-order valence-corrected chi connectivity index (χ4v) is 7.79. The molecule has 0 heterocycles. The van der Waals surface area contributed by atoms with E-state index in [1.807, 2.05) is 0 Å². The third-order valence-electron chi connectivity index (χ3n) is 5.56. The third-order valence-corrected chi connectivity index (χ3v) is 11.3. The molecule has 10 N–H and O–H groups in total. The predicted molar refractivity (Wildman–Crippen MR) is 199 cm³/mol. The molecule has 37 heteroatoms. The van der Waals surface area contributed by atoms with Gasteiger partial charge in [0.25, 0.3) is 0 Å². The van der Waals surface area contributed by atoms with Gasteiger partial charge in [0.1, 0.15) is 18.3 Å². The Morgan fingerprint density at radius 3 is 1.12 bits per heavy atom. The molecule has 0 radical (unpaired) electrons. The van der Waals surface area contributed by atoms with Gasteiger partial charge in [-0.2, -0.15) is 0 Å². The lowest BCUT2D eigenvalue weighted by Crippen LogP contribution is -2.38. The molecule has 0 aromatic heterocycles. The summed E-state index contributed by atoms with van der Waals surface area (Å²) in [5.41, 5.74) is 0. The number of nitrogens with zero attached hydrogens (tertiary/aromatic N) is 1. The second kappa shape index (κ2) is 29.8. The van der Waals surface area contributed by atoms with Crippen molar-refractivity contribution >= 4 is 46.9 Å². The Morgan fingerprint density at radius 1 is 0.450 bits per heavy atom. The van der Waals surface area contributed by atoms with E-state index in [-0.39, 0.29) is 31.3 Å². The number of rotatable bonds is 40. The lowest BCUT2D eigenvalue weighted by molar-refractivity contribution is -0.890. The van der Waals surface area contributed by atoms with Crippen LogP contribution in [0, 0.1) is 0 Å². The molecule has 0 spiro atoms. The average molecular weight is 1010 g/mol. The van der Waals surface area contributed by atoms with Crippen LogP contribution in [0.15, 0.2) is 0 Å². The Morgan fingerprint density at radius 2 is 0.767 bits per heavy atom. The Bertz CT molecular complexity index is 1470. The van der Waals surface area contributed by atoms with Gasteiger partial charge in [-0.05, 0) is 14.1 Å². The highest BCUT2D eigenvalue weighted by molar-refractivity contribution is 7.48. The summed E-state index contributed by atoms with van der Waals surface area (Å²) in [6.07, 6.45) is -4.34. The minimum atomic E-state index is -5.09. The SMILES string of the molecule is CNCOCC(COP(=O)(O)OCCOP(=O)(O)OCCOP(=O)(O)OC(COC[N+](C)(C)C)COP(=O)(O)OCCOP(=O)(O)OC(CO)COCNC)OP(=O)(O)O. The second-order valence-electron chi connectivity index (χ2n) is 12.3. The van der Waals surface area contributed by atoms with E-state index < -0.39 is 138 Å². The number of ether oxygens (including phenoxy) is 3. The minimum Gasteiger partial charge on any atom is -0.394 e. The molecule has 0 saturated heterocycles. The molecular formula is C23H58N3O28P6+. The summed E-state index contributed by atoms with van der Waals surface area (Å²) >= 11 is 0. The summed E-state index contributed by atoms with van der Waals surface area (Å²) in [4.78, 5) is 67.6. The van der Waals surface area contributed by atoms with Crippen LogP contribution < -0.4 is 10.6 Å². The fraction of sp³-hybridized carbons (Fsp3) is 1.00. The first-order chi connectivity index (χ1) is 27.5. The second-order valence-corrected chi connectivity index (χ2v) is 20.7. The molecule has 0 rings (SSSR count). The number of nitrogens with one attached hydrogen (secondary N) is 2. The largest absolute Gasteiger partial charge is 0.472 e. The number of hydrogen-bond acceptors (Lipinski definition) is 23. The first-order valence-electron chi connectivity index (χ1n) is 16.9. The summed E-state index contributed by atoms with van der Waals surface area (Å²) in [5.74, 6) is 0. The minimum absolute atomic E-state index is 0.0120. The standard InChI is InChI=1S/C23H57N3O28P6/c1-24-18-41-13-21(12-27)53-59(37,38)48-11-9-47-58(35,36)51-17-23(15-43-20-26(3,4)5)54-60(39,40)49-10-8-45-56(31,32)44-6-7-46-57(33,34)50-16-22(14-42-19-25-2)52-55(28,29)30/h21-25,27H,6-20H2,1-5H3,(H6-,28,29,30,31,32,33,34,35,36,37,38,39,40)/p+1. The molecule has 8 unspecified atom stereocenters. The van der Waals surface area contributed by atoms with Crippen molar-refractivity contribution in [3.8, 4) is 0 Å². The number of phosphoric ester groups is 6. The molecule has 0 amide bonds. The van der Waals surface area contributed by atoms with Gasteiger partial charge in [0.15, 0.2) is 6.73 Å². The van der Waals surface area contributed by atoms with Crippen LogP contribution in [0.5, 0.6) is 0 Å². The highest BCUT2D eigenvalue weighted by atomic mass is 31.2. The number of phosphoric acid groups is 6. The summed E-state index contributed by atoms with van der Waals surface area (Å²) in [6.45, 7) is -8.82. The zero-order valence-electron chi connectivity index (χ0n) is 33.2. The van der Waals surface area contributed by atoms with Gasteiger partial charge >= 0.3 is 46.9 Å². The molecule has 0 aliphatic rings. The average Bonchev–Trinajstić information content (AvgIpc) is 3.10. The molecule has 0 bridgehead atoms. The molecule has 0 fully saturated rings. The Balaban J connectivity index is 4.95. The van der Waals surface area contributed by atoms with Gasteiger partial charge in [0.05, 0.1) is 114 Å². The molecule has 8 atom stereocenters. The van der Waals surface area contributed by atoms with Gasteiger partial charge < -0.3 is 58.1 Å². The highest BCUT2D eigenvalue weighted by Crippen LogP contribution is 2.50. The number of aliphatic hydroxyl groups excluding tert-OH is 1. The van der Waals surface area contributed by atoms with Crippen LogP contribution in [0.1, 0.15) is 0 Å². The van der Waals surface area contributed by atoms with Crippen molar-refractivity contribution in [1.29, 1.82) is 0 Å². The predicted octanol–water partition coefficient (Wildman–Crippen LogP) is -1.07. The van der Waals surface area contributed by atoms with Gasteiger partial charge in [-0.1, -0.05) is 0 Å². The lowest BCUT2D eigenvalue weighted by atomic mass is 10.4. The van der Waals surface area contributed by atoms with Crippen LogP contribution in [0.4, 0.5) is 0 Å². The van der Waals surface area contributed by atoms with Crippen molar-refractivity contribution in [1.82, 2.24) is 10.6 Å². The Kier molecular flexibility index (Phi) is 30.0. The van der Waals surface area contributed by atoms with Crippen LogP contribution in [0.25, 0.3) is 0 Å². The molecule has 0 aliphatic heterocycles. The third kappa shape index (κ3) is 35.7. The van der Waals surface area contributed by atoms with E-state index >= 15 is 0 Å². The van der Waals surface area contributed by atoms with E-state index in [0.717, 1.165) is 0 Å². The summed E-state index contributed by atoms with van der Waals surface area (Å²) < 4.78 is 139. The lowest BCUT2D eigenvalue weighted by Gasteiger charge is -2.26. The smallest absolute Gasteiger partial charge is 0.394 e. The van der Waals surface area contributed by atoms with E-state index in [1.54, 1.807) is 28.2 Å². The van der Waals surface area contributed by atoms with Crippen LogP contribution in [0.3, 0.4) is 0 Å². The topological polar surface area (TPSA) is 418 Å². The Labute approximate surface area is 345 Å². The van der Waals surface area contributed by atoms with Gasteiger partial charge in [0.2, 0.25) is 0 Å². The van der Waals surface area contributed by atoms with Crippen molar-refractivity contribution in [2.75, 3.05) is 135 Å². The fourth-order valence-electron chi connectivity index (χ4n) is 3.39. The first-order valence-corrected chi connectivity index (χ1v) is 25.9. The first kappa shape index (κ1) is 60.4. The number of quaternary nitrogens is 1. The molecule has 31 nitrogen and oxygen atoms in total. The highest BCUT2D eigenvalue weighted by Gasteiger charge is 2.33. The van der Waals surface area contributed by atoms with Gasteiger partial charge in [-0.15, -0.1) is 0 Å². The molecule has 60 heavy (non-hydrogen) atoms. The maximum atomic E-state index is 12.6. The maximum absolute atomic E-state index is 12.6. The van der Waals surface area contributed by atoms with Crippen molar-refractivity contribution in [3.63, 3.8) is 0 Å². The molecular weight excluding hydrogens is 952 g/mol. The van der Waals surface area contributed by atoms with Gasteiger partial charge in [-0.3, -0.25) is 60.4 Å². The van der Waals surface area contributed by atoms with Crippen molar-refractivity contribution in [2.24, 2.45) is 0 Å². The number of aliphatic hydroxyl groups is 1. The summed E-state index contributed by atoms with van der Waals surface area (Å²) in [6, 6.07) is 0. The van der Waals surface area contributed by atoms with E-state index in [4.69, 9.17) is 42.1 Å². The van der Waals surface area contributed by atoms with Crippen LogP contribution in [0.2, 0.25) is 0 Å². The zero-order chi connectivity index (χ0) is 46.2. The molecule has 362 valence electrons. The summed E-state index contributed by atoms with van der Waals surface area (Å²) in [5, 5.41) is 14.5. The van der Waals surface area contributed by atoms with Crippen molar-refractivity contribution in [3.05, 3.63) is 0 Å². The monoisotopic (exact) mass is 1010 g/mol. The van der Waals surface area contributed by atoms with Crippen molar-refractivity contribution in [2.45, 2.75) is 18.3 Å². The number of hydrogen-bond donors (Lipinski definition) is 10. The molecule has 0 aromatic rings. The van der Waals surface area contributed by atoms with Crippen LogP contribution >= 0.6 is 46.9 Å². The maximum Gasteiger partial charge on any atom is 0.472 e. The van der Waals surface area contributed by atoms with Gasteiger partial charge in [-0.25, -0.2) is 27.4 Å². The quantitative estimate of drug-likeness (QED) is 0.0151. The van der Waals surface area contributed by atoms with Crippen molar-refractivity contribution < 1.29 is 135 Å². The zero-order valence-corrected chi connectivity index (χ0v) is 38.6. The Hall–Kier alpha value is 0.380. The normalized spacial score (nSPS) is 19.4. The van der Waals surface area contributed by atoms with E-state index in [2.05, 4.69) is 42.3 Å². The molecule has 0 aliphatic carbocycles. The summed E-state index contributed by atoms with van der Waals surface area (Å²) in [7, 11) is -21.5. The van der Waals surface area contributed by atoms with Crippen LogP contribution in [-0.2, 0) is 91.4 Å². The molecule has 0 saturated carbocycles. The van der Waals surface area contributed by atoms with Gasteiger partial charge in [0, 0.05) is 0 Å². The van der Waals surface area contributed by atoms with E-state index in [0.29, 0.717) is 0 Å². The molecule has 0 aromatic carbocycles.